The molecule has 5 heteroatoms. The second-order valence-electron chi connectivity index (χ2n) is 6.14. The summed E-state index contributed by atoms with van der Waals surface area (Å²) < 4.78 is 25.6. The molecule has 0 atom stereocenters. The molecule has 1 aliphatic rings. The van der Waals surface area contributed by atoms with Gasteiger partial charge in [-0.2, -0.15) is 0 Å². The van der Waals surface area contributed by atoms with Gasteiger partial charge in [0.15, 0.2) is 9.84 Å². The summed E-state index contributed by atoms with van der Waals surface area (Å²) in [7, 11) is -3.19. The fraction of sp³-hybridized carbons (Fsp3) is 0.211. The van der Waals surface area contributed by atoms with Crippen LogP contribution in [0.3, 0.4) is 0 Å². The molecule has 0 saturated heterocycles. The molecule has 0 unspecified atom stereocenters. The van der Waals surface area contributed by atoms with Crippen molar-refractivity contribution in [3.8, 4) is 22.5 Å². The first-order valence-corrected chi connectivity index (χ1v) is 9.88. The van der Waals surface area contributed by atoms with E-state index in [1.54, 1.807) is 12.1 Å². The minimum atomic E-state index is -3.19. The van der Waals surface area contributed by atoms with E-state index in [1.165, 1.54) is 6.26 Å². The Balaban J connectivity index is 1.87. The van der Waals surface area contributed by atoms with E-state index in [0.29, 0.717) is 4.90 Å². The molecule has 0 bridgehead atoms. The van der Waals surface area contributed by atoms with E-state index >= 15 is 0 Å². The average Bonchev–Trinajstić information content (AvgIpc) is 3.15. The van der Waals surface area contributed by atoms with Gasteiger partial charge < -0.3 is 4.57 Å². The maximum absolute atomic E-state index is 11.7. The van der Waals surface area contributed by atoms with Crippen LogP contribution in [0.2, 0.25) is 0 Å². The number of nitrogens with zero attached hydrogens (tertiary/aromatic N) is 2. The Hall–Kier alpha value is -2.40. The molecule has 0 amide bonds. The quantitative estimate of drug-likeness (QED) is 0.733. The lowest BCUT2D eigenvalue weighted by Gasteiger charge is -2.09. The maximum Gasteiger partial charge on any atom is 0.175 e. The first kappa shape index (κ1) is 15.1. The summed E-state index contributed by atoms with van der Waals surface area (Å²) in [5.74, 6) is 1.11. The van der Waals surface area contributed by atoms with Crippen LogP contribution in [0.25, 0.3) is 22.5 Å². The Bertz CT molecular complexity index is 988. The van der Waals surface area contributed by atoms with Crippen molar-refractivity contribution in [1.82, 2.24) is 9.55 Å². The molecule has 0 N–H and O–H groups in total. The maximum atomic E-state index is 11.7. The minimum absolute atomic E-state index is 0.333. The summed E-state index contributed by atoms with van der Waals surface area (Å²) in [5, 5.41) is 0. The summed E-state index contributed by atoms with van der Waals surface area (Å²) in [5.41, 5.74) is 4.13. The molecule has 3 aromatic rings. The Morgan fingerprint density at radius 1 is 0.958 bits per heavy atom. The molecule has 4 nitrogen and oxygen atoms in total. The van der Waals surface area contributed by atoms with Crippen LogP contribution in [0.15, 0.2) is 59.5 Å². The molecule has 1 aliphatic heterocycles. The van der Waals surface area contributed by atoms with Crippen molar-refractivity contribution in [2.75, 3.05) is 6.26 Å². The highest BCUT2D eigenvalue weighted by molar-refractivity contribution is 7.90. The van der Waals surface area contributed by atoms with Crippen LogP contribution in [-0.4, -0.2) is 24.2 Å². The zero-order valence-electron chi connectivity index (χ0n) is 13.4. The van der Waals surface area contributed by atoms with Crippen molar-refractivity contribution in [3.05, 3.63) is 60.4 Å². The summed E-state index contributed by atoms with van der Waals surface area (Å²) in [6.07, 6.45) is 3.33. The summed E-state index contributed by atoms with van der Waals surface area (Å²) in [6.45, 7) is 0.980. The van der Waals surface area contributed by atoms with E-state index in [-0.39, 0.29) is 0 Å². The van der Waals surface area contributed by atoms with Gasteiger partial charge in [0.1, 0.15) is 5.82 Å². The second kappa shape index (κ2) is 5.60. The standard InChI is InChI=1S/C19H18N2O2S/c1-24(22,23)16-11-9-14(10-12-16)18-19(15-6-3-2-4-7-15)21-13-5-8-17(21)20-18/h2-4,6-7,9-12H,5,8,13H2,1H3. The third-order valence-corrected chi connectivity index (χ3v) is 5.56. The molecule has 0 aliphatic carbocycles. The van der Waals surface area contributed by atoms with Crippen LogP contribution in [-0.2, 0) is 22.8 Å². The number of sulfone groups is 1. The lowest BCUT2D eigenvalue weighted by Crippen LogP contribution is -1.97. The van der Waals surface area contributed by atoms with Crippen molar-refractivity contribution in [2.45, 2.75) is 24.3 Å². The number of hydrogen-bond donors (Lipinski definition) is 0. The summed E-state index contributed by atoms with van der Waals surface area (Å²) in [6, 6.07) is 17.3. The number of rotatable bonds is 3. The molecule has 2 heterocycles. The zero-order chi connectivity index (χ0) is 16.7. The molecular weight excluding hydrogens is 320 g/mol. The Kier molecular flexibility index (Phi) is 3.53. The highest BCUT2D eigenvalue weighted by Gasteiger charge is 2.23. The van der Waals surface area contributed by atoms with Crippen LogP contribution < -0.4 is 0 Å². The van der Waals surface area contributed by atoms with E-state index in [2.05, 4.69) is 16.7 Å². The Labute approximate surface area is 141 Å². The van der Waals surface area contributed by atoms with Gasteiger partial charge in [-0.05, 0) is 18.6 Å². The lowest BCUT2D eigenvalue weighted by atomic mass is 10.0. The van der Waals surface area contributed by atoms with Crippen LogP contribution in [0.4, 0.5) is 0 Å². The molecule has 122 valence electrons. The third-order valence-electron chi connectivity index (χ3n) is 4.43. The number of fused-ring (bicyclic) bond motifs is 1. The number of aryl methyl sites for hydroxylation is 1. The molecule has 0 spiro atoms. The largest absolute Gasteiger partial charge is 0.327 e. The van der Waals surface area contributed by atoms with Crippen LogP contribution in [0, 0.1) is 0 Å². The van der Waals surface area contributed by atoms with Crippen molar-refractivity contribution in [1.29, 1.82) is 0 Å². The molecule has 1 aromatic heterocycles. The molecule has 24 heavy (non-hydrogen) atoms. The number of benzene rings is 2. The molecule has 4 rings (SSSR count). The van der Waals surface area contributed by atoms with Gasteiger partial charge in [0.2, 0.25) is 0 Å². The van der Waals surface area contributed by atoms with Crippen molar-refractivity contribution < 1.29 is 8.42 Å². The van der Waals surface area contributed by atoms with Gasteiger partial charge in [-0.15, -0.1) is 0 Å². The normalized spacial score (nSPS) is 13.9. The molecule has 0 radical (unpaired) electrons. The fourth-order valence-corrected chi connectivity index (χ4v) is 3.91. The van der Waals surface area contributed by atoms with E-state index in [4.69, 9.17) is 4.98 Å². The molecule has 2 aromatic carbocycles. The predicted molar refractivity (Wildman–Crippen MR) is 94.5 cm³/mol. The van der Waals surface area contributed by atoms with Crippen LogP contribution in [0.5, 0.6) is 0 Å². The summed E-state index contributed by atoms with van der Waals surface area (Å²) >= 11 is 0. The Morgan fingerprint density at radius 3 is 2.33 bits per heavy atom. The van der Waals surface area contributed by atoms with Crippen molar-refractivity contribution >= 4 is 9.84 Å². The van der Waals surface area contributed by atoms with Crippen LogP contribution >= 0.6 is 0 Å². The van der Waals surface area contributed by atoms with Crippen LogP contribution in [0.1, 0.15) is 12.2 Å². The average molecular weight is 338 g/mol. The van der Waals surface area contributed by atoms with Gasteiger partial charge in [-0.3, -0.25) is 0 Å². The van der Waals surface area contributed by atoms with Crippen molar-refractivity contribution in [3.63, 3.8) is 0 Å². The first-order valence-electron chi connectivity index (χ1n) is 7.99. The minimum Gasteiger partial charge on any atom is -0.327 e. The highest BCUT2D eigenvalue weighted by atomic mass is 32.2. The topological polar surface area (TPSA) is 52.0 Å². The smallest absolute Gasteiger partial charge is 0.175 e. The number of imidazole rings is 1. The first-order chi connectivity index (χ1) is 11.5. The van der Waals surface area contributed by atoms with Gasteiger partial charge in [0.05, 0.1) is 16.3 Å². The predicted octanol–water partition coefficient (Wildman–Crippen LogP) is 3.57. The SMILES string of the molecule is CS(=O)(=O)c1ccc(-c2nc3n(c2-c2ccccc2)CCC3)cc1. The fourth-order valence-electron chi connectivity index (χ4n) is 3.28. The van der Waals surface area contributed by atoms with Gasteiger partial charge >= 0.3 is 0 Å². The lowest BCUT2D eigenvalue weighted by molar-refractivity contribution is 0.602. The highest BCUT2D eigenvalue weighted by Crippen LogP contribution is 2.35. The second-order valence-corrected chi connectivity index (χ2v) is 8.16. The molecule has 0 fully saturated rings. The van der Waals surface area contributed by atoms with Gasteiger partial charge in [0.25, 0.3) is 0 Å². The number of aromatic nitrogens is 2. The van der Waals surface area contributed by atoms with E-state index in [1.807, 2.05) is 30.3 Å². The van der Waals surface area contributed by atoms with E-state index < -0.39 is 9.84 Å². The van der Waals surface area contributed by atoms with Gasteiger partial charge in [-0.1, -0.05) is 42.5 Å². The summed E-state index contributed by atoms with van der Waals surface area (Å²) in [4.78, 5) is 5.18. The zero-order valence-corrected chi connectivity index (χ0v) is 14.3. The Morgan fingerprint density at radius 2 is 1.67 bits per heavy atom. The monoisotopic (exact) mass is 338 g/mol. The third kappa shape index (κ3) is 2.55. The van der Waals surface area contributed by atoms with E-state index in [9.17, 15) is 8.42 Å². The van der Waals surface area contributed by atoms with E-state index in [0.717, 1.165) is 47.7 Å². The van der Waals surface area contributed by atoms with Gasteiger partial charge in [0, 0.05) is 30.3 Å². The van der Waals surface area contributed by atoms with Gasteiger partial charge in [-0.25, -0.2) is 13.4 Å². The molecule has 0 saturated carbocycles. The molecular formula is C19H18N2O2S. The van der Waals surface area contributed by atoms with Crippen molar-refractivity contribution in [2.24, 2.45) is 0 Å². The number of hydrogen-bond acceptors (Lipinski definition) is 3.